The Balaban J connectivity index is 2.11. The van der Waals surface area contributed by atoms with Crippen molar-refractivity contribution in [2.75, 3.05) is 5.43 Å². The lowest BCUT2D eigenvalue weighted by molar-refractivity contribution is -0.116. The first kappa shape index (κ1) is 18.2. The zero-order valence-electron chi connectivity index (χ0n) is 14.2. The van der Waals surface area contributed by atoms with E-state index in [4.69, 9.17) is 5.26 Å². The van der Waals surface area contributed by atoms with Crippen molar-refractivity contribution in [3.63, 3.8) is 0 Å². The minimum atomic E-state index is -3.52. The molecule has 27 heavy (non-hydrogen) atoms. The topological polar surface area (TPSA) is 87.8 Å². The van der Waals surface area contributed by atoms with Gasteiger partial charge in [0.05, 0.1) is 22.9 Å². The smallest absolute Gasteiger partial charge is 0.273 e. The summed E-state index contributed by atoms with van der Waals surface area (Å²) in [5, 5.41) is 9.10. The van der Waals surface area contributed by atoms with Gasteiger partial charge in [-0.05, 0) is 17.7 Å². The third-order valence-corrected chi connectivity index (χ3v) is 3.86. The molecule has 0 aliphatic rings. The number of nitriles is 1. The van der Waals surface area contributed by atoms with Gasteiger partial charge in [-0.3, -0.25) is 15.0 Å². The van der Waals surface area contributed by atoms with Crippen molar-refractivity contribution in [1.82, 2.24) is 9.66 Å². The number of para-hydroxylation sites is 1. The molecular formula is C19H14F2N4O2. The van der Waals surface area contributed by atoms with E-state index in [1.807, 2.05) is 6.07 Å². The van der Waals surface area contributed by atoms with E-state index in [2.05, 4.69) is 10.4 Å². The highest BCUT2D eigenvalue weighted by atomic mass is 19.3. The molecule has 0 atom stereocenters. The van der Waals surface area contributed by atoms with E-state index < -0.39 is 23.2 Å². The van der Waals surface area contributed by atoms with E-state index in [0.29, 0.717) is 17.2 Å². The number of benzene rings is 2. The zero-order valence-corrected chi connectivity index (χ0v) is 14.2. The van der Waals surface area contributed by atoms with Crippen LogP contribution in [0.25, 0.3) is 10.9 Å². The summed E-state index contributed by atoms with van der Waals surface area (Å²) in [6, 6.07) is 14.7. The second-order valence-electron chi connectivity index (χ2n) is 5.98. The Bertz CT molecular complexity index is 1110. The number of halogens is 2. The standard InChI is InChI=1S/C19H14F2N4O2/c1-19(20,21)18-23-16-13(11-22)8-5-9-14(16)17(27)25(18)24-15(26)10-12-6-3-2-4-7-12/h2-9H,10H2,1H3,(H,24,26). The first-order valence-corrected chi connectivity index (χ1v) is 7.99. The Morgan fingerprint density at radius 3 is 2.56 bits per heavy atom. The van der Waals surface area contributed by atoms with Crippen LogP contribution in [0.1, 0.15) is 23.9 Å². The molecule has 0 saturated heterocycles. The average Bonchev–Trinajstić information content (AvgIpc) is 2.63. The molecule has 0 aliphatic carbocycles. The maximum atomic E-state index is 14.1. The number of hydrogen-bond donors (Lipinski definition) is 1. The highest BCUT2D eigenvalue weighted by Gasteiger charge is 2.33. The Morgan fingerprint density at radius 2 is 1.93 bits per heavy atom. The van der Waals surface area contributed by atoms with Crippen molar-refractivity contribution < 1.29 is 13.6 Å². The van der Waals surface area contributed by atoms with E-state index in [9.17, 15) is 18.4 Å². The van der Waals surface area contributed by atoms with E-state index in [1.54, 1.807) is 30.3 Å². The molecule has 3 aromatic rings. The van der Waals surface area contributed by atoms with Crippen molar-refractivity contribution >= 4 is 16.8 Å². The number of hydrogen-bond acceptors (Lipinski definition) is 4. The van der Waals surface area contributed by atoms with Gasteiger partial charge in [0.2, 0.25) is 11.7 Å². The van der Waals surface area contributed by atoms with E-state index in [0.717, 1.165) is 0 Å². The lowest BCUT2D eigenvalue weighted by Crippen LogP contribution is -2.39. The van der Waals surface area contributed by atoms with Crippen LogP contribution in [0.5, 0.6) is 0 Å². The number of alkyl halides is 2. The number of rotatable bonds is 4. The van der Waals surface area contributed by atoms with Gasteiger partial charge in [0.15, 0.2) is 0 Å². The third kappa shape index (κ3) is 3.67. The molecule has 1 heterocycles. The van der Waals surface area contributed by atoms with Gasteiger partial charge >= 0.3 is 5.92 Å². The minimum absolute atomic E-state index is 0.00198. The summed E-state index contributed by atoms with van der Waals surface area (Å²) in [5.74, 6) is -5.11. The molecule has 2 aromatic carbocycles. The van der Waals surface area contributed by atoms with Crippen LogP contribution in [-0.4, -0.2) is 15.6 Å². The number of nitrogens with zero attached hydrogens (tertiary/aromatic N) is 3. The van der Waals surface area contributed by atoms with E-state index in [1.165, 1.54) is 18.2 Å². The van der Waals surface area contributed by atoms with Crippen LogP contribution >= 0.6 is 0 Å². The summed E-state index contributed by atoms with van der Waals surface area (Å²) in [7, 11) is 0. The van der Waals surface area contributed by atoms with Gasteiger partial charge < -0.3 is 0 Å². The molecular weight excluding hydrogens is 354 g/mol. The van der Waals surface area contributed by atoms with Crippen LogP contribution in [0.2, 0.25) is 0 Å². The molecule has 0 aliphatic heterocycles. The van der Waals surface area contributed by atoms with Crippen molar-refractivity contribution in [1.29, 1.82) is 5.26 Å². The van der Waals surface area contributed by atoms with E-state index in [-0.39, 0.29) is 22.9 Å². The Morgan fingerprint density at radius 1 is 1.22 bits per heavy atom. The number of aromatic nitrogens is 2. The fourth-order valence-corrected chi connectivity index (χ4v) is 2.64. The second-order valence-corrected chi connectivity index (χ2v) is 5.98. The van der Waals surface area contributed by atoms with Crippen LogP contribution in [0, 0.1) is 11.3 Å². The Labute approximate surface area is 152 Å². The zero-order chi connectivity index (χ0) is 19.6. The van der Waals surface area contributed by atoms with Gasteiger partial charge in [0, 0.05) is 6.92 Å². The predicted octanol–water partition coefficient (Wildman–Crippen LogP) is 2.69. The number of fused-ring (bicyclic) bond motifs is 1. The highest BCUT2D eigenvalue weighted by molar-refractivity contribution is 5.87. The van der Waals surface area contributed by atoms with Crippen LogP contribution in [0.3, 0.4) is 0 Å². The number of carbonyl (C=O) groups excluding carboxylic acids is 1. The SMILES string of the molecule is CC(F)(F)c1nc2c(C#N)cccc2c(=O)n1NC(=O)Cc1ccccc1. The monoisotopic (exact) mass is 368 g/mol. The van der Waals surface area contributed by atoms with E-state index >= 15 is 0 Å². The molecule has 1 N–H and O–H groups in total. The van der Waals surface area contributed by atoms with Crippen molar-refractivity contribution in [2.45, 2.75) is 19.3 Å². The maximum Gasteiger partial charge on any atom is 0.303 e. The molecule has 6 nitrogen and oxygen atoms in total. The van der Waals surface area contributed by atoms with Gasteiger partial charge in [-0.15, -0.1) is 0 Å². The molecule has 0 radical (unpaired) electrons. The lowest BCUT2D eigenvalue weighted by atomic mass is 10.1. The molecule has 0 fully saturated rings. The third-order valence-electron chi connectivity index (χ3n) is 3.86. The predicted molar refractivity (Wildman–Crippen MR) is 94.8 cm³/mol. The fraction of sp³-hybridized carbons (Fsp3) is 0.158. The number of nitrogens with one attached hydrogen (secondary N) is 1. The summed E-state index contributed by atoms with van der Waals surface area (Å²) >= 11 is 0. The normalized spacial score (nSPS) is 11.2. The summed E-state index contributed by atoms with van der Waals surface area (Å²) < 4.78 is 28.6. The molecule has 136 valence electrons. The molecule has 1 aromatic heterocycles. The first-order valence-electron chi connectivity index (χ1n) is 7.99. The summed E-state index contributed by atoms with van der Waals surface area (Å²) in [6.07, 6.45) is -0.0989. The molecule has 0 spiro atoms. The molecule has 1 amide bonds. The van der Waals surface area contributed by atoms with Gasteiger partial charge in [-0.25, -0.2) is 4.98 Å². The van der Waals surface area contributed by atoms with Gasteiger partial charge in [-0.2, -0.15) is 18.7 Å². The summed E-state index contributed by atoms with van der Waals surface area (Å²) in [6.45, 7) is 0.565. The second kappa shape index (κ2) is 6.96. The highest BCUT2D eigenvalue weighted by Crippen LogP contribution is 2.26. The largest absolute Gasteiger partial charge is 0.303 e. The van der Waals surface area contributed by atoms with Gasteiger partial charge in [-0.1, -0.05) is 36.4 Å². The first-order chi connectivity index (χ1) is 12.8. The Hall–Kier alpha value is -3.60. The number of carbonyl (C=O) groups is 1. The summed E-state index contributed by atoms with van der Waals surface area (Å²) in [5.41, 5.74) is 1.85. The fourth-order valence-electron chi connectivity index (χ4n) is 2.64. The van der Waals surface area contributed by atoms with Gasteiger partial charge in [0.1, 0.15) is 6.07 Å². The van der Waals surface area contributed by atoms with Crippen molar-refractivity contribution in [3.05, 3.63) is 75.8 Å². The summed E-state index contributed by atoms with van der Waals surface area (Å²) in [4.78, 5) is 28.8. The molecule has 8 heteroatoms. The van der Waals surface area contributed by atoms with Crippen LogP contribution in [0.4, 0.5) is 8.78 Å². The molecule has 0 saturated carbocycles. The molecule has 0 bridgehead atoms. The van der Waals surface area contributed by atoms with Crippen LogP contribution < -0.4 is 11.0 Å². The number of amides is 1. The average molecular weight is 368 g/mol. The lowest BCUT2D eigenvalue weighted by Gasteiger charge is -2.18. The quantitative estimate of drug-likeness (QED) is 0.767. The van der Waals surface area contributed by atoms with Crippen molar-refractivity contribution in [3.8, 4) is 6.07 Å². The van der Waals surface area contributed by atoms with Crippen LogP contribution in [-0.2, 0) is 17.1 Å². The molecule has 0 unspecified atom stereocenters. The van der Waals surface area contributed by atoms with Crippen molar-refractivity contribution in [2.24, 2.45) is 0 Å². The van der Waals surface area contributed by atoms with Gasteiger partial charge in [0.25, 0.3) is 5.56 Å². The Kier molecular flexibility index (Phi) is 4.69. The molecule has 3 rings (SSSR count). The minimum Gasteiger partial charge on any atom is -0.273 e. The van der Waals surface area contributed by atoms with Crippen LogP contribution in [0.15, 0.2) is 53.3 Å². The maximum absolute atomic E-state index is 14.1.